The van der Waals surface area contributed by atoms with Gasteiger partial charge in [-0.15, -0.1) is 0 Å². The van der Waals surface area contributed by atoms with Crippen molar-refractivity contribution in [3.8, 4) is 0 Å². The van der Waals surface area contributed by atoms with Gasteiger partial charge < -0.3 is 0 Å². The molecule has 0 heterocycles. The molecule has 144 valence electrons. The first kappa shape index (κ1) is 20.0. The molecule has 0 aliphatic heterocycles. The molecular weight excluding hydrogens is 350 g/mol. The zero-order valence-electron chi connectivity index (χ0n) is 16.5. The number of rotatable bonds is 7. The van der Waals surface area contributed by atoms with Gasteiger partial charge in [-0.3, -0.25) is 0 Å². The topological polar surface area (TPSA) is 0 Å². The highest BCUT2D eigenvalue weighted by atomic mass is 19.2. The van der Waals surface area contributed by atoms with Crippen molar-refractivity contribution in [3.05, 3.63) is 95.1 Å². The van der Waals surface area contributed by atoms with Crippen LogP contribution in [0.4, 0.5) is 8.78 Å². The van der Waals surface area contributed by atoms with E-state index in [2.05, 4.69) is 25.1 Å². The van der Waals surface area contributed by atoms with E-state index in [1.165, 1.54) is 5.56 Å². The van der Waals surface area contributed by atoms with Gasteiger partial charge in [0.2, 0.25) is 0 Å². The van der Waals surface area contributed by atoms with Crippen molar-refractivity contribution in [1.29, 1.82) is 0 Å². The lowest BCUT2D eigenvalue weighted by Gasteiger charge is -2.07. The van der Waals surface area contributed by atoms with Crippen LogP contribution in [0.1, 0.15) is 48.9 Å². The third kappa shape index (κ3) is 4.75. The van der Waals surface area contributed by atoms with Crippen LogP contribution >= 0.6 is 0 Å². The molecule has 3 rings (SSSR count). The van der Waals surface area contributed by atoms with E-state index in [-0.39, 0.29) is 11.1 Å². The molecule has 0 aliphatic rings. The predicted molar refractivity (Wildman–Crippen MR) is 117 cm³/mol. The number of hydrogen-bond acceptors (Lipinski definition) is 0. The van der Waals surface area contributed by atoms with Crippen LogP contribution in [0.2, 0.25) is 0 Å². The standard InChI is InChI=1S/C26H26F2/c1-3-5-6-8-20-11-14-23-18-24(16-15-22(23)17-20)26(28)25(27)21-12-9-19(7-4-2)10-13-21/h3,5,9-18H,4,6-8H2,1-2H3/b5-3+,26-25?. The highest BCUT2D eigenvalue weighted by Crippen LogP contribution is 2.31. The van der Waals surface area contributed by atoms with Crippen LogP contribution in [-0.4, -0.2) is 0 Å². The molecule has 0 nitrogen and oxygen atoms in total. The van der Waals surface area contributed by atoms with Crippen molar-refractivity contribution in [2.24, 2.45) is 0 Å². The van der Waals surface area contributed by atoms with Gasteiger partial charge in [-0.25, -0.2) is 8.78 Å². The van der Waals surface area contributed by atoms with Crippen molar-refractivity contribution >= 4 is 22.4 Å². The lowest BCUT2D eigenvalue weighted by Crippen LogP contribution is -1.88. The zero-order chi connectivity index (χ0) is 19.9. The second kappa shape index (κ2) is 9.45. The summed E-state index contributed by atoms with van der Waals surface area (Å²) < 4.78 is 29.4. The van der Waals surface area contributed by atoms with Gasteiger partial charge in [0, 0.05) is 11.1 Å². The Labute approximate surface area is 166 Å². The summed E-state index contributed by atoms with van der Waals surface area (Å²) in [6.07, 6.45) is 8.13. The van der Waals surface area contributed by atoms with E-state index in [0.29, 0.717) is 0 Å². The average Bonchev–Trinajstić information content (AvgIpc) is 2.73. The van der Waals surface area contributed by atoms with Crippen LogP contribution in [0, 0.1) is 0 Å². The number of fused-ring (bicyclic) bond motifs is 1. The molecule has 3 aromatic rings. The number of benzene rings is 3. The van der Waals surface area contributed by atoms with Crippen LogP contribution in [0.5, 0.6) is 0 Å². The second-order valence-corrected chi connectivity index (χ2v) is 7.08. The predicted octanol–water partition coefficient (Wildman–Crippen LogP) is 8.07. The zero-order valence-corrected chi connectivity index (χ0v) is 16.5. The van der Waals surface area contributed by atoms with E-state index in [1.807, 2.05) is 37.3 Å². The summed E-state index contributed by atoms with van der Waals surface area (Å²) in [5.41, 5.74) is 2.92. The molecule has 0 amide bonds. The molecular formula is C26H26F2. The van der Waals surface area contributed by atoms with Gasteiger partial charge in [0.25, 0.3) is 0 Å². The van der Waals surface area contributed by atoms with Crippen molar-refractivity contribution in [2.45, 2.75) is 39.5 Å². The van der Waals surface area contributed by atoms with Crippen LogP contribution in [0.3, 0.4) is 0 Å². The summed E-state index contributed by atoms with van der Waals surface area (Å²) in [5, 5.41) is 1.95. The molecule has 0 N–H and O–H groups in total. The number of hydrogen-bond donors (Lipinski definition) is 0. The van der Waals surface area contributed by atoms with Crippen LogP contribution < -0.4 is 0 Å². The Kier molecular flexibility index (Phi) is 6.76. The summed E-state index contributed by atoms with van der Waals surface area (Å²) in [6.45, 7) is 4.11. The van der Waals surface area contributed by atoms with Crippen molar-refractivity contribution in [2.75, 3.05) is 0 Å². The molecule has 0 radical (unpaired) electrons. The van der Waals surface area contributed by atoms with Gasteiger partial charge in [-0.2, -0.15) is 0 Å². The van der Waals surface area contributed by atoms with Crippen LogP contribution in [0.15, 0.2) is 72.8 Å². The molecule has 2 heteroatoms. The summed E-state index contributed by atoms with van der Waals surface area (Å²) >= 11 is 0. The first-order valence-corrected chi connectivity index (χ1v) is 9.91. The highest BCUT2D eigenvalue weighted by Gasteiger charge is 2.12. The van der Waals surface area contributed by atoms with Crippen LogP contribution in [0.25, 0.3) is 22.4 Å². The Hall–Kier alpha value is -2.74. The number of aryl methyl sites for hydroxylation is 2. The lowest BCUT2D eigenvalue weighted by atomic mass is 10.0. The molecule has 0 saturated heterocycles. The molecule has 0 atom stereocenters. The minimum atomic E-state index is -0.817. The fourth-order valence-corrected chi connectivity index (χ4v) is 3.36. The number of halogens is 2. The molecule has 3 aromatic carbocycles. The first-order valence-electron chi connectivity index (χ1n) is 9.91. The van der Waals surface area contributed by atoms with Gasteiger partial charge in [0.1, 0.15) is 0 Å². The average molecular weight is 376 g/mol. The van der Waals surface area contributed by atoms with E-state index in [0.717, 1.165) is 42.0 Å². The normalized spacial score (nSPS) is 12.6. The maximum atomic E-state index is 14.8. The summed E-state index contributed by atoms with van der Waals surface area (Å²) in [6, 6.07) is 18.4. The summed E-state index contributed by atoms with van der Waals surface area (Å²) in [5.74, 6) is -1.63. The van der Waals surface area contributed by atoms with Crippen LogP contribution in [-0.2, 0) is 12.8 Å². The monoisotopic (exact) mass is 376 g/mol. The Morgan fingerprint density at radius 3 is 2.07 bits per heavy atom. The van der Waals surface area contributed by atoms with E-state index < -0.39 is 11.7 Å². The minimum absolute atomic E-state index is 0.268. The maximum Gasteiger partial charge on any atom is 0.166 e. The Bertz CT molecular complexity index is 995. The second-order valence-electron chi connectivity index (χ2n) is 7.08. The van der Waals surface area contributed by atoms with Crippen molar-refractivity contribution in [1.82, 2.24) is 0 Å². The minimum Gasteiger partial charge on any atom is -0.203 e. The number of allylic oxidation sites excluding steroid dienone is 2. The molecule has 0 aliphatic carbocycles. The summed E-state index contributed by atoms with van der Waals surface area (Å²) in [7, 11) is 0. The molecule has 0 saturated carbocycles. The van der Waals surface area contributed by atoms with E-state index in [4.69, 9.17) is 0 Å². The first-order chi connectivity index (χ1) is 13.6. The largest absolute Gasteiger partial charge is 0.203 e. The molecule has 0 spiro atoms. The molecule has 28 heavy (non-hydrogen) atoms. The Balaban J connectivity index is 1.86. The molecule has 0 aromatic heterocycles. The Morgan fingerprint density at radius 1 is 0.750 bits per heavy atom. The van der Waals surface area contributed by atoms with Crippen molar-refractivity contribution in [3.63, 3.8) is 0 Å². The van der Waals surface area contributed by atoms with E-state index in [1.54, 1.807) is 24.3 Å². The van der Waals surface area contributed by atoms with Gasteiger partial charge in [-0.1, -0.05) is 80.1 Å². The van der Waals surface area contributed by atoms with Gasteiger partial charge in [0.05, 0.1) is 0 Å². The fourth-order valence-electron chi connectivity index (χ4n) is 3.36. The Morgan fingerprint density at radius 2 is 1.36 bits per heavy atom. The van der Waals surface area contributed by atoms with Gasteiger partial charge in [0.15, 0.2) is 11.7 Å². The molecule has 0 unspecified atom stereocenters. The highest BCUT2D eigenvalue weighted by molar-refractivity contribution is 5.90. The fraction of sp³-hybridized carbons (Fsp3) is 0.231. The molecule has 0 fully saturated rings. The third-order valence-corrected chi connectivity index (χ3v) is 4.93. The third-order valence-electron chi connectivity index (χ3n) is 4.93. The van der Waals surface area contributed by atoms with Crippen molar-refractivity contribution < 1.29 is 8.78 Å². The van der Waals surface area contributed by atoms with E-state index in [9.17, 15) is 8.78 Å². The summed E-state index contributed by atoms with van der Waals surface area (Å²) in [4.78, 5) is 0. The lowest BCUT2D eigenvalue weighted by molar-refractivity contribution is 0.700. The van der Waals surface area contributed by atoms with Gasteiger partial charge >= 0.3 is 0 Å². The quantitative estimate of drug-likeness (QED) is 0.289. The SMILES string of the molecule is C/C=C/CCc1ccc2cc(C(F)=C(F)c3ccc(CCC)cc3)ccc2c1. The van der Waals surface area contributed by atoms with E-state index >= 15 is 0 Å². The maximum absolute atomic E-state index is 14.8. The smallest absolute Gasteiger partial charge is 0.166 e. The molecule has 0 bridgehead atoms. The van der Waals surface area contributed by atoms with Gasteiger partial charge in [-0.05, 0) is 54.2 Å².